The molecular formula is C20H26N2O3. The Morgan fingerprint density at radius 3 is 2.56 bits per heavy atom. The summed E-state index contributed by atoms with van der Waals surface area (Å²) in [6.07, 6.45) is 2.26. The molecule has 0 atom stereocenters. The van der Waals surface area contributed by atoms with Crippen LogP contribution in [0.1, 0.15) is 50.9 Å². The number of hydrogen-bond acceptors (Lipinski definition) is 4. The highest BCUT2D eigenvalue weighted by Crippen LogP contribution is 2.35. The van der Waals surface area contributed by atoms with Crippen molar-refractivity contribution in [2.75, 3.05) is 13.1 Å². The number of aliphatic hydroxyl groups excluding tert-OH is 1. The van der Waals surface area contributed by atoms with E-state index in [1.54, 1.807) is 29.2 Å². The first-order chi connectivity index (χ1) is 11.8. The fourth-order valence-electron chi connectivity index (χ4n) is 3.00. The lowest BCUT2D eigenvalue weighted by Gasteiger charge is -2.28. The summed E-state index contributed by atoms with van der Waals surface area (Å²) in [6.45, 7) is 9.08. The second-order valence-corrected chi connectivity index (χ2v) is 7.09. The number of Topliss-reactive ketones (excluding diaryl/α,β-unsaturated/α-hetero) is 1. The lowest BCUT2D eigenvalue weighted by atomic mass is 9.77. The van der Waals surface area contributed by atoms with Crippen LogP contribution in [0.15, 0.2) is 40.6 Å². The summed E-state index contributed by atoms with van der Waals surface area (Å²) in [6, 6.07) is 6.99. The predicted octanol–water partition coefficient (Wildman–Crippen LogP) is 4.07. The van der Waals surface area contributed by atoms with Gasteiger partial charge in [0.2, 0.25) is 0 Å². The summed E-state index contributed by atoms with van der Waals surface area (Å²) in [4.78, 5) is 30.7. The number of carbonyl (C=O) groups is 2. The fourth-order valence-corrected chi connectivity index (χ4v) is 3.00. The molecule has 0 fully saturated rings. The van der Waals surface area contributed by atoms with Crippen molar-refractivity contribution in [2.24, 2.45) is 10.4 Å². The number of carbonyl (C=O) groups excluding carboxylic acids is 2. The summed E-state index contributed by atoms with van der Waals surface area (Å²) in [5.74, 6) is -0.0622. The van der Waals surface area contributed by atoms with Crippen molar-refractivity contribution in [3.05, 3.63) is 41.2 Å². The van der Waals surface area contributed by atoms with Gasteiger partial charge in [-0.3, -0.25) is 14.6 Å². The van der Waals surface area contributed by atoms with Crippen LogP contribution in [0.2, 0.25) is 0 Å². The van der Waals surface area contributed by atoms with Gasteiger partial charge in [-0.2, -0.15) is 0 Å². The van der Waals surface area contributed by atoms with Crippen LogP contribution in [0.4, 0.5) is 5.69 Å². The van der Waals surface area contributed by atoms with E-state index in [0.29, 0.717) is 37.2 Å². The highest BCUT2D eigenvalue weighted by Gasteiger charge is 2.32. The molecule has 0 unspecified atom stereocenters. The molecule has 134 valence electrons. The molecule has 1 aliphatic rings. The zero-order valence-electron chi connectivity index (χ0n) is 15.4. The molecule has 1 aromatic rings. The van der Waals surface area contributed by atoms with E-state index in [1.165, 1.54) is 6.21 Å². The molecule has 0 saturated heterocycles. The molecule has 0 heterocycles. The molecule has 0 saturated carbocycles. The highest BCUT2D eigenvalue weighted by atomic mass is 16.3. The Bertz CT molecular complexity index is 728. The second kappa shape index (κ2) is 7.64. The number of aliphatic imine (C=N–C) groups is 1. The number of ketones is 1. The molecule has 25 heavy (non-hydrogen) atoms. The van der Waals surface area contributed by atoms with E-state index in [1.807, 2.05) is 27.7 Å². The fraction of sp³-hybridized carbons (Fsp3) is 0.450. The van der Waals surface area contributed by atoms with Crippen LogP contribution >= 0.6 is 0 Å². The molecule has 1 N–H and O–H groups in total. The standard InChI is InChI=1S/C20H26N2O3/c1-5-22(6-2)19(25)14-8-7-9-15(10-14)21-13-16-17(23)11-20(3,4)12-18(16)24/h7-10,13,23H,5-6,11-12H2,1-4H3. The number of aliphatic hydroxyl groups is 1. The smallest absolute Gasteiger partial charge is 0.253 e. The maximum absolute atomic E-state index is 12.4. The van der Waals surface area contributed by atoms with Crippen molar-refractivity contribution >= 4 is 23.6 Å². The Kier molecular flexibility index (Phi) is 5.77. The molecule has 0 bridgehead atoms. The zero-order chi connectivity index (χ0) is 18.6. The van der Waals surface area contributed by atoms with Crippen LogP contribution in [0.5, 0.6) is 0 Å². The average Bonchev–Trinajstić information content (AvgIpc) is 2.54. The molecule has 5 heteroatoms. The monoisotopic (exact) mass is 342 g/mol. The minimum atomic E-state index is -0.228. The Hall–Kier alpha value is -2.43. The Morgan fingerprint density at radius 1 is 1.28 bits per heavy atom. The third kappa shape index (κ3) is 4.56. The minimum Gasteiger partial charge on any atom is -0.511 e. The van der Waals surface area contributed by atoms with Crippen molar-refractivity contribution in [2.45, 2.75) is 40.5 Å². The first-order valence-electron chi connectivity index (χ1n) is 8.66. The number of hydrogen-bond donors (Lipinski definition) is 1. The van der Waals surface area contributed by atoms with E-state index in [0.717, 1.165) is 0 Å². The molecule has 0 aliphatic heterocycles. The van der Waals surface area contributed by atoms with E-state index < -0.39 is 0 Å². The Morgan fingerprint density at radius 2 is 1.96 bits per heavy atom. The summed E-state index contributed by atoms with van der Waals surface area (Å²) < 4.78 is 0. The van der Waals surface area contributed by atoms with Gasteiger partial charge in [0.1, 0.15) is 5.76 Å². The zero-order valence-corrected chi connectivity index (χ0v) is 15.4. The first kappa shape index (κ1) is 18.9. The van der Waals surface area contributed by atoms with E-state index in [9.17, 15) is 14.7 Å². The number of benzene rings is 1. The topological polar surface area (TPSA) is 70.0 Å². The Labute approximate surface area is 149 Å². The first-order valence-corrected chi connectivity index (χ1v) is 8.66. The SMILES string of the molecule is CCN(CC)C(=O)c1cccc(N=CC2=C(O)CC(C)(C)CC2=O)c1. The van der Waals surface area contributed by atoms with Gasteiger partial charge in [-0.1, -0.05) is 19.9 Å². The summed E-state index contributed by atoms with van der Waals surface area (Å²) in [5.41, 5.74) is 1.18. The summed E-state index contributed by atoms with van der Waals surface area (Å²) >= 11 is 0. The molecule has 0 spiro atoms. The van der Waals surface area contributed by atoms with E-state index >= 15 is 0 Å². The second-order valence-electron chi connectivity index (χ2n) is 7.09. The van der Waals surface area contributed by atoms with Gasteiger partial charge in [-0.25, -0.2) is 0 Å². The Balaban J connectivity index is 2.24. The van der Waals surface area contributed by atoms with Gasteiger partial charge < -0.3 is 10.0 Å². The van der Waals surface area contributed by atoms with Crippen LogP contribution in [-0.2, 0) is 4.79 Å². The molecule has 0 aromatic heterocycles. The van der Waals surface area contributed by atoms with Gasteiger partial charge in [0.05, 0.1) is 11.3 Å². The van der Waals surface area contributed by atoms with Gasteiger partial charge in [-0.05, 0) is 37.5 Å². The van der Waals surface area contributed by atoms with Crippen molar-refractivity contribution in [3.63, 3.8) is 0 Å². The quantitative estimate of drug-likeness (QED) is 0.820. The van der Waals surface area contributed by atoms with Crippen molar-refractivity contribution in [1.29, 1.82) is 0 Å². The third-order valence-electron chi connectivity index (χ3n) is 4.38. The number of rotatable bonds is 5. The van der Waals surface area contributed by atoms with E-state index in [2.05, 4.69) is 4.99 Å². The van der Waals surface area contributed by atoms with Gasteiger partial charge in [0, 0.05) is 37.7 Å². The van der Waals surface area contributed by atoms with Crippen molar-refractivity contribution < 1.29 is 14.7 Å². The molecule has 5 nitrogen and oxygen atoms in total. The van der Waals surface area contributed by atoms with Crippen molar-refractivity contribution in [1.82, 2.24) is 4.90 Å². The van der Waals surface area contributed by atoms with E-state index in [-0.39, 0.29) is 28.4 Å². The van der Waals surface area contributed by atoms with Crippen LogP contribution in [0.3, 0.4) is 0 Å². The van der Waals surface area contributed by atoms with Crippen LogP contribution in [0.25, 0.3) is 0 Å². The molecule has 2 rings (SSSR count). The number of allylic oxidation sites excluding steroid dienone is 2. The molecule has 0 radical (unpaired) electrons. The number of amides is 1. The molecule has 1 amide bonds. The predicted molar refractivity (Wildman–Crippen MR) is 99.5 cm³/mol. The van der Waals surface area contributed by atoms with Crippen molar-refractivity contribution in [3.8, 4) is 0 Å². The maximum atomic E-state index is 12.4. The maximum Gasteiger partial charge on any atom is 0.253 e. The molecule has 1 aliphatic carbocycles. The largest absolute Gasteiger partial charge is 0.511 e. The lowest BCUT2D eigenvalue weighted by Crippen LogP contribution is -2.30. The average molecular weight is 342 g/mol. The van der Waals surface area contributed by atoms with Gasteiger partial charge >= 0.3 is 0 Å². The normalized spacial score (nSPS) is 17.2. The molecular weight excluding hydrogens is 316 g/mol. The van der Waals surface area contributed by atoms with Gasteiger partial charge in [0.25, 0.3) is 5.91 Å². The third-order valence-corrected chi connectivity index (χ3v) is 4.38. The summed E-state index contributed by atoms with van der Waals surface area (Å²) in [5, 5.41) is 10.1. The lowest BCUT2D eigenvalue weighted by molar-refractivity contribution is -0.117. The van der Waals surface area contributed by atoms with E-state index in [4.69, 9.17) is 0 Å². The molecule has 1 aromatic carbocycles. The highest BCUT2D eigenvalue weighted by molar-refractivity contribution is 6.15. The summed E-state index contributed by atoms with van der Waals surface area (Å²) in [7, 11) is 0. The van der Waals surface area contributed by atoms with Gasteiger partial charge in [-0.15, -0.1) is 0 Å². The van der Waals surface area contributed by atoms with Crippen LogP contribution in [-0.4, -0.2) is 41.0 Å². The number of nitrogens with zero attached hydrogens (tertiary/aromatic N) is 2. The van der Waals surface area contributed by atoms with Crippen LogP contribution in [0, 0.1) is 5.41 Å². The minimum absolute atomic E-state index is 0.0420. The van der Waals surface area contributed by atoms with Crippen LogP contribution < -0.4 is 0 Å². The van der Waals surface area contributed by atoms with Gasteiger partial charge in [0.15, 0.2) is 5.78 Å².